The van der Waals surface area contributed by atoms with Crippen LogP contribution in [0.15, 0.2) is 73.1 Å². The first-order valence-corrected chi connectivity index (χ1v) is 12.0. The molecule has 0 saturated carbocycles. The average molecular weight is 590 g/mol. The smallest absolute Gasteiger partial charge is 0.246 e. The standard InChI is InChI=1S/C25H28Cl3N3O2.BrH/c1-3-4-7-16-33-23(19-10-12-20(26)13-11-19)24(28)31-15-14-30(17-31)18(2)25(32)29-22-9-6-5-8-21(22)27;/h3-6,8-15,18,23-24H,7,16-17H2,1-2H3,(H,29,32);1H. The molecule has 0 bridgehead atoms. The second kappa shape index (κ2) is 14.0. The molecule has 1 heterocycles. The molecule has 1 N–H and O–H groups in total. The van der Waals surface area contributed by atoms with Crippen molar-refractivity contribution in [3.05, 3.63) is 88.7 Å². The molecule has 0 aliphatic carbocycles. The number of benzene rings is 2. The van der Waals surface area contributed by atoms with E-state index in [-0.39, 0.29) is 29.0 Å². The Morgan fingerprint density at radius 3 is 2.47 bits per heavy atom. The van der Waals surface area contributed by atoms with E-state index in [1.807, 2.05) is 78.5 Å². The fraction of sp³-hybridized carbons (Fsp3) is 0.320. The number of nitrogens with zero attached hydrogens (tertiary/aromatic N) is 2. The third kappa shape index (κ3) is 7.65. The van der Waals surface area contributed by atoms with Crippen molar-refractivity contribution in [2.24, 2.45) is 0 Å². The largest absolute Gasteiger partial charge is 0.370 e. The number of rotatable bonds is 10. The quantitative estimate of drug-likeness (QED) is 0.137. The molecule has 1 amide bonds. The maximum atomic E-state index is 12.8. The van der Waals surface area contributed by atoms with Crippen molar-refractivity contribution in [1.82, 2.24) is 9.80 Å². The van der Waals surface area contributed by atoms with Gasteiger partial charge in [0.2, 0.25) is 5.91 Å². The molecule has 5 nitrogen and oxygen atoms in total. The number of para-hydroxylation sites is 1. The molecule has 184 valence electrons. The fourth-order valence-electron chi connectivity index (χ4n) is 3.41. The lowest BCUT2D eigenvalue weighted by molar-refractivity contribution is -0.120. The van der Waals surface area contributed by atoms with Crippen LogP contribution in [0.4, 0.5) is 5.69 Å². The zero-order chi connectivity index (χ0) is 23.8. The lowest BCUT2D eigenvalue weighted by atomic mass is 10.1. The van der Waals surface area contributed by atoms with Crippen LogP contribution in [0.25, 0.3) is 0 Å². The van der Waals surface area contributed by atoms with E-state index in [0.717, 1.165) is 12.0 Å². The number of nitrogens with one attached hydrogen (secondary N) is 1. The summed E-state index contributed by atoms with van der Waals surface area (Å²) in [6, 6.07) is 14.3. The first-order chi connectivity index (χ1) is 15.9. The molecule has 1 aliphatic rings. The maximum absolute atomic E-state index is 12.8. The number of carbonyl (C=O) groups is 1. The van der Waals surface area contributed by atoms with Crippen LogP contribution in [0.1, 0.15) is 31.9 Å². The SMILES string of the molecule is Br.CC=CCCOC(c1ccc(Cl)cc1)C(Cl)N1C=CN(C(C)C(=O)Nc2ccccc2Cl)C1. The maximum Gasteiger partial charge on any atom is 0.246 e. The Morgan fingerprint density at radius 2 is 1.79 bits per heavy atom. The molecule has 2 aromatic rings. The lowest BCUT2D eigenvalue weighted by Gasteiger charge is -2.32. The van der Waals surface area contributed by atoms with Crippen LogP contribution < -0.4 is 5.32 Å². The molecule has 2 aromatic carbocycles. The van der Waals surface area contributed by atoms with E-state index in [1.54, 1.807) is 12.1 Å². The van der Waals surface area contributed by atoms with Crippen LogP contribution in [0.5, 0.6) is 0 Å². The van der Waals surface area contributed by atoms with Gasteiger partial charge in [0, 0.05) is 17.4 Å². The average Bonchev–Trinajstić information content (AvgIpc) is 3.31. The minimum atomic E-state index is -0.475. The van der Waals surface area contributed by atoms with E-state index in [4.69, 9.17) is 39.5 Å². The lowest BCUT2D eigenvalue weighted by Crippen LogP contribution is -2.42. The van der Waals surface area contributed by atoms with E-state index >= 15 is 0 Å². The number of hydrogen-bond donors (Lipinski definition) is 1. The monoisotopic (exact) mass is 587 g/mol. The van der Waals surface area contributed by atoms with Gasteiger partial charge < -0.3 is 19.9 Å². The topological polar surface area (TPSA) is 44.8 Å². The summed E-state index contributed by atoms with van der Waals surface area (Å²) in [6.07, 6.45) is 8.23. The molecular weight excluding hydrogens is 561 g/mol. The van der Waals surface area contributed by atoms with Gasteiger partial charge in [0.25, 0.3) is 0 Å². The van der Waals surface area contributed by atoms with E-state index < -0.39 is 11.5 Å². The van der Waals surface area contributed by atoms with Gasteiger partial charge in [0.1, 0.15) is 17.6 Å². The zero-order valence-electron chi connectivity index (χ0n) is 19.0. The van der Waals surface area contributed by atoms with Crippen molar-refractivity contribution in [3.8, 4) is 0 Å². The van der Waals surface area contributed by atoms with Gasteiger partial charge in [-0.3, -0.25) is 4.79 Å². The number of hydrogen-bond acceptors (Lipinski definition) is 4. The molecular formula is C25H29BrCl3N3O2. The Hall–Kier alpha value is -1.70. The number of amides is 1. The minimum absolute atomic E-state index is 0. The van der Waals surface area contributed by atoms with Crippen LogP contribution in [0.3, 0.4) is 0 Å². The molecule has 0 spiro atoms. The van der Waals surface area contributed by atoms with Gasteiger partial charge >= 0.3 is 0 Å². The summed E-state index contributed by atoms with van der Waals surface area (Å²) in [6.45, 7) is 4.81. The molecule has 0 radical (unpaired) electrons. The summed E-state index contributed by atoms with van der Waals surface area (Å²) < 4.78 is 6.17. The van der Waals surface area contributed by atoms with Gasteiger partial charge in [-0.25, -0.2) is 0 Å². The van der Waals surface area contributed by atoms with Crippen molar-refractivity contribution in [2.75, 3.05) is 18.6 Å². The Balaban J connectivity index is 0.00000408. The van der Waals surface area contributed by atoms with E-state index in [9.17, 15) is 4.79 Å². The van der Waals surface area contributed by atoms with E-state index in [1.165, 1.54) is 0 Å². The summed E-state index contributed by atoms with van der Waals surface area (Å²) in [7, 11) is 0. The number of alkyl halides is 1. The third-order valence-corrected chi connectivity index (χ3v) is 6.43. The van der Waals surface area contributed by atoms with Gasteiger partial charge in [-0.05, 0) is 50.1 Å². The van der Waals surface area contributed by atoms with Gasteiger partial charge in [-0.2, -0.15) is 0 Å². The highest BCUT2D eigenvalue weighted by molar-refractivity contribution is 8.93. The summed E-state index contributed by atoms with van der Waals surface area (Å²) in [4.78, 5) is 16.6. The Kier molecular flexibility index (Phi) is 11.8. The molecule has 3 unspecified atom stereocenters. The predicted molar refractivity (Wildman–Crippen MR) is 147 cm³/mol. The Labute approximate surface area is 227 Å². The van der Waals surface area contributed by atoms with Gasteiger partial charge in [0.05, 0.1) is 24.0 Å². The zero-order valence-corrected chi connectivity index (χ0v) is 23.0. The number of halogens is 4. The normalized spacial score (nSPS) is 15.8. The van der Waals surface area contributed by atoms with E-state index in [2.05, 4.69) is 11.4 Å². The van der Waals surface area contributed by atoms with Gasteiger partial charge in [0.15, 0.2) is 0 Å². The Bertz CT molecular complexity index is 988. The van der Waals surface area contributed by atoms with Crippen molar-refractivity contribution < 1.29 is 9.53 Å². The summed E-state index contributed by atoms with van der Waals surface area (Å²) >= 11 is 19.1. The minimum Gasteiger partial charge on any atom is -0.370 e. The van der Waals surface area contributed by atoms with Crippen molar-refractivity contribution in [2.45, 2.75) is 37.9 Å². The van der Waals surface area contributed by atoms with Crippen molar-refractivity contribution >= 4 is 63.4 Å². The third-order valence-electron chi connectivity index (χ3n) is 5.37. The molecule has 34 heavy (non-hydrogen) atoms. The predicted octanol–water partition coefficient (Wildman–Crippen LogP) is 7.23. The number of carbonyl (C=O) groups excluding carboxylic acids is 1. The molecule has 3 rings (SSSR count). The Morgan fingerprint density at radius 1 is 1.12 bits per heavy atom. The highest BCUT2D eigenvalue weighted by atomic mass is 79.9. The van der Waals surface area contributed by atoms with Crippen LogP contribution in [-0.2, 0) is 9.53 Å². The first kappa shape index (κ1) is 28.5. The van der Waals surface area contributed by atoms with Crippen molar-refractivity contribution in [1.29, 1.82) is 0 Å². The highest BCUT2D eigenvalue weighted by Crippen LogP contribution is 2.31. The second-order valence-electron chi connectivity index (χ2n) is 7.69. The van der Waals surface area contributed by atoms with Crippen LogP contribution in [0.2, 0.25) is 10.0 Å². The summed E-state index contributed by atoms with van der Waals surface area (Å²) in [5.41, 5.74) is 1.05. The molecule has 3 atom stereocenters. The van der Waals surface area contributed by atoms with E-state index in [0.29, 0.717) is 29.0 Å². The van der Waals surface area contributed by atoms with Gasteiger partial charge in [-0.15, -0.1) is 17.0 Å². The molecule has 0 aromatic heterocycles. The highest BCUT2D eigenvalue weighted by Gasteiger charge is 2.32. The van der Waals surface area contributed by atoms with Crippen LogP contribution in [-0.4, -0.2) is 40.5 Å². The summed E-state index contributed by atoms with van der Waals surface area (Å²) in [5, 5.41) is 4.04. The number of allylic oxidation sites excluding steroid dienone is 1. The number of anilines is 1. The van der Waals surface area contributed by atoms with Crippen LogP contribution >= 0.6 is 51.8 Å². The molecule has 0 fully saturated rings. The fourth-order valence-corrected chi connectivity index (χ4v) is 4.06. The molecule has 0 saturated heterocycles. The van der Waals surface area contributed by atoms with Crippen LogP contribution in [0, 0.1) is 0 Å². The van der Waals surface area contributed by atoms with Crippen molar-refractivity contribution in [3.63, 3.8) is 0 Å². The summed E-state index contributed by atoms with van der Waals surface area (Å²) in [5.74, 6) is -0.155. The molecule has 9 heteroatoms. The van der Waals surface area contributed by atoms with Gasteiger partial charge in [-0.1, -0.05) is 71.2 Å². The first-order valence-electron chi connectivity index (χ1n) is 10.8. The number of ether oxygens (including phenoxy) is 1. The second-order valence-corrected chi connectivity index (χ2v) is 8.98. The molecule has 1 aliphatic heterocycles.